The second kappa shape index (κ2) is 5.98. The van der Waals surface area contributed by atoms with E-state index in [1.165, 1.54) is 12.8 Å². The van der Waals surface area contributed by atoms with E-state index in [-0.39, 0.29) is 6.10 Å². The molecule has 0 aromatic carbocycles. The summed E-state index contributed by atoms with van der Waals surface area (Å²) in [7, 11) is 4.04. The Balaban J connectivity index is 1.31. The molecule has 124 valence electrons. The normalized spacial score (nSPS) is 42.0. The Labute approximate surface area is 132 Å². The molecule has 2 bridgehead atoms. The molecule has 4 heterocycles. The lowest BCUT2D eigenvalue weighted by atomic mass is 9.82. The van der Waals surface area contributed by atoms with Crippen molar-refractivity contribution in [2.24, 2.45) is 16.8 Å². The summed E-state index contributed by atoms with van der Waals surface area (Å²) >= 11 is 0. The number of hydrogen-bond acceptors (Lipinski definition) is 4. The number of morpholine rings is 1. The predicted octanol–water partition coefficient (Wildman–Crippen LogP) is 0.00160. The van der Waals surface area contributed by atoms with Crippen LogP contribution in [0.3, 0.4) is 0 Å². The lowest BCUT2D eigenvalue weighted by molar-refractivity contribution is -0.0163. The molecule has 5 atom stereocenters. The van der Waals surface area contributed by atoms with Crippen LogP contribution in [0.2, 0.25) is 0 Å². The highest BCUT2D eigenvalue weighted by Gasteiger charge is 2.53. The molecule has 0 radical (unpaired) electrons. The van der Waals surface area contributed by atoms with Gasteiger partial charge in [0, 0.05) is 51.6 Å². The van der Waals surface area contributed by atoms with Crippen LogP contribution in [0.1, 0.15) is 12.8 Å². The molecule has 4 aliphatic heterocycles. The van der Waals surface area contributed by atoms with Gasteiger partial charge < -0.3 is 24.6 Å². The Morgan fingerprint density at radius 1 is 1.18 bits per heavy atom. The quantitative estimate of drug-likeness (QED) is 0.575. The first kappa shape index (κ1) is 14.7. The van der Waals surface area contributed by atoms with Crippen molar-refractivity contribution in [1.29, 1.82) is 0 Å². The fourth-order valence-corrected chi connectivity index (χ4v) is 4.66. The van der Waals surface area contributed by atoms with Crippen molar-refractivity contribution >= 4 is 5.96 Å². The van der Waals surface area contributed by atoms with Crippen molar-refractivity contribution in [3.8, 4) is 0 Å². The zero-order chi connectivity index (χ0) is 15.1. The Hall–Kier alpha value is -0.850. The van der Waals surface area contributed by atoms with E-state index in [2.05, 4.69) is 27.2 Å². The molecular weight excluding hydrogens is 280 g/mol. The van der Waals surface area contributed by atoms with E-state index in [4.69, 9.17) is 9.47 Å². The first-order valence-electron chi connectivity index (χ1n) is 8.66. The van der Waals surface area contributed by atoms with Crippen molar-refractivity contribution in [3.63, 3.8) is 0 Å². The third-order valence-corrected chi connectivity index (χ3v) is 5.79. The van der Waals surface area contributed by atoms with Gasteiger partial charge in [-0.15, -0.1) is 0 Å². The molecule has 22 heavy (non-hydrogen) atoms. The fraction of sp³-hybridized carbons (Fsp3) is 0.938. The molecule has 0 amide bonds. The van der Waals surface area contributed by atoms with Crippen molar-refractivity contribution in [1.82, 2.24) is 15.1 Å². The lowest BCUT2D eigenvalue weighted by Crippen LogP contribution is -2.49. The predicted molar refractivity (Wildman–Crippen MR) is 85.0 cm³/mol. The zero-order valence-corrected chi connectivity index (χ0v) is 13.7. The molecule has 6 nitrogen and oxygen atoms in total. The van der Waals surface area contributed by atoms with Gasteiger partial charge in [-0.3, -0.25) is 4.99 Å². The van der Waals surface area contributed by atoms with Crippen molar-refractivity contribution in [3.05, 3.63) is 0 Å². The van der Waals surface area contributed by atoms with Gasteiger partial charge in [-0.05, 0) is 19.9 Å². The van der Waals surface area contributed by atoms with E-state index >= 15 is 0 Å². The van der Waals surface area contributed by atoms with E-state index in [0.717, 1.165) is 57.1 Å². The second-order valence-corrected chi connectivity index (χ2v) is 7.21. The van der Waals surface area contributed by atoms with Crippen LogP contribution in [0.4, 0.5) is 0 Å². The van der Waals surface area contributed by atoms with Gasteiger partial charge in [-0.1, -0.05) is 0 Å². The minimum atomic E-state index is 0.261. The number of ether oxygens (including phenoxy) is 2. The summed E-state index contributed by atoms with van der Waals surface area (Å²) in [4.78, 5) is 9.25. The summed E-state index contributed by atoms with van der Waals surface area (Å²) in [6, 6.07) is 0. The molecule has 0 spiro atoms. The van der Waals surface area contributed by atoms with Gasteiger partial charge >= 0.3 is 0 Å². The third-order valence-electron chi connectivity index (χ3n) is 5.79. The molecule has 0 aromatic rings. The average Bonchev–Trinajstić information content (AvgIpc) is 3.20. The highest BCUT2D eigenvalue weighted by Crippen LogP contribution is 2.47. The lowest BCUT2D eigenvalue weighted by Gasteiger charge is -2.31. The van der Waals surface area contributed by atoms with Gasteiger partial charge in [0.2, 0.25) is 0 Å². The molecule has 0 aromatic heterocycles. The maximum absolute atomic E-state index is 6.06. The number of guanidine groups is 1. The summed E-state index contributed by atoms with van der Waals surface area (Å²) in [5.74, 6) is 2.47. The summed E-state index contributed by atoms with van der Waals surface area (Å²) in [5, 5.41) is 3.52. The Kier molecular flexibility index (Phi) is 4.00. The monoisotopic (exact) mass is 308 g/mol. The number of rotatable bonds is 2. The maximum Gasteiger partial charge on any atom is 0.193 e. The van der Waals surface area contributed by atoms with Crippen molar-refractivity contribution in [2.45, 2.75) is 31.2 Å². The first-order chi connectivity index (χ1) is 10.7. The number of hydrogen-bond donors (Lipinski definition) is 1. The number of nitrogens with one attached hydrogen (secondary N) is 1. The van der Waals surface area contributed by atoms with Crippen LogP contribution in [0, 0.1) is 11.8 Å². The van der Waals surface area contributed by atoms with Crippen LogP contribution in [0.25, 0.3) is 0 Å². The second-order valence-electron chi connectivity index (χ2n) is 7.21. The van der Waals surface area contributed by atoms with Crippen LogP contribution in [-0.4, -0.2) is 87.5 Å². The topological polar surface area (TPSA) is 49.3 Å². The first-order valence-corrected chi connectivity index (χ1v) is 8.66. The van der Waals surface area contributed by atoms with Crippen LogP contribution >= 0.6 is 0 Å². The SMILES string of the molecule is CN=C(NCC1CN(C)CCO1)N1CC2C3CCC(O3)C2C1. The van der Waals surface area contributed by atoms with Gasteiger partial charge in [0.25, 0.3) is 0 Å². The molecule has 5 unspecified atom stereocenters. The third kappa shape index (κ3) is 2.61. The van der Waals surface area contributed by atoms with Gasteiger partial charge in [0.05, 0.1) is 24.9 Å². The van der Waals surface area contributed by atoms with Gasteiger partial charge in [-0.2, -0.15) is 0 Å². The average molecular weight is 308 g/mol. The van der Waals surface area contributed by atoms with E-state index < -0.39 is 0 Å². The summed E-state index contributed by atoms with van der Waals surface area (Å²) in [5.41, 5.74) is 0. The molecule has 6 heteroatoms. The highest BCUT2D eigenvalue weighted by molar-refractivity contribution is 5.80. The minimum absolute atomic E-state index is 0.261. The molecule has 0 aliphatic carbocycles. The number of likely N-dealkylation sites (N-methyl/N-ethyl adjacent to an activating group) is 1. The van der Waals surface area contributed by atoms with E-state index in [1.54, 1.807) is 0 Å². The van der Waals surface area contributed by atoms with Crippen LogP contribution < -0.4 is 5.32 Å². The highest BCUT2D eigenvalue weighted by atomic mass is 16.5. The number of aliphatic imine (C=N–C) groups is 1. The minimum Gasteiger partial charge on any atom is -0.374 e. The molecule has 1 N–H and O–H groups in total. The smallest absolute Gasteiger partial charge is 0.193 e. The largest absolute Gasteiger partial charge is 0.374 e. The molecule has 0 saturated carbocycles. The maximum atomic E-state index is 6.06. The summed E-state index contributed by atoms with van der Waals surface area (Å²) < 4.78 is 11.9. The van der Waals surface area contributed by atoms with E-state index in [9.17, 15) is 0 Å². The van der Waals surface area contributed by atoms with Crippen molar-refractivity contribution < 1.29 is 9.47 Å². The number of fused-ring (bicyclic) bond motifs is 5. The standard InChI is InChI=1S/C16H28N4O2/c1-17-16(18-7-11-8-19(2)5-6-21-11)20-9-12-13(10-20)15-4-3-14(12)22-15/h11-15H,3-10H2,1-2H3,(H,17,18). The van der Waals surface area contributed by atoms with Crippen LogP contribution in [0.5, 0.6) is 0 Å². The molecular formula is C16H28N4O2. The van der Waals surface area contributed by atoms with Crippen LogP contribution in [0.15, 0.2) is 4.99 Å². The number of nitrogens with zero attached hydrogens (tertiary/aromatic N) is 3. The molecule has 4 saturated heterocycles. The molecule has 4 rings (SSSR count). The van der Waals surface area contributed by atoms with E-state index in [1.807, 2.05) is 7.05 Å². The van der Waals surface area contributed by atoms with Crippen LogP contribution in [-0.2, 0) is 9.47 Å². The van der Waals surface area contributed by atoms with Gasteiger partial charge in [-0.25, -0.2) is 0 Å². The fourth-order valence-electron chi connectivity index (χ4n) is 4.66. The zero-order valence-electron chi connectivity index (χ0n) is 13.7. The van der Waals surface area contributed by atoms with Gasteiger partial charge in [0.15, 0.2) is 5.96 Å². The summed E-state index contributed by atoms with van der Waals surface area (Å²) in [6.45, 7) is 5.88. The van der Waals surface area contributed by atoms with Crippen molar-refractivity contribution in [2.75, 3.05) is 53.4 Å². The molecule has 4 fully saturated rings. The number of likely N-dealkylation sites (tertiary alicyclic amines) is 1. The summed E-state index contributed by atoms with van der Waals surface area (Å²) in [6.07, 6.45) is 3.79. The molecule has 4 aliphatic rings. The Morgan fingerprint density at radius 3 is 2.55 bits per heavy atom. The van der Waals surface area contributed by atoms with E-state index in [0.29, 0.717) is 12.2 Å². The Morgan fingerprint density at radius 2 is 1.91 bits per heavy atom. The Bertz CT molecular complexity index is 426. The van der Waals surface area contributed by atoms with Gasteiger partial charge in [0.1, 0.15) is 0 Å².